The monoisotopic (exact) mass is 455 g/mol. The lowest BCUT2D eigenvalue weighted by Crippen LogP contribution is -2.24. The molecule has 5 aromatic rings. The lowest BCUT2D eigenvalue weighted by molar-refractivity contribution is 0.104. The molecule has 6 rings (SSSR count). The van der Waals surface area contributed by atoms with E-state index in [9.17, 15) is 9.59 Å². The number of fused-ring (bicyclic) bond motifs is 5. The maximum Gasteiger partial charge on any atom is 0.263 e. The molecule has 0 bridgehead atoms. The predicted molar refractivity (Wildman–Crippen MR) is 121 cm³/mol. The van der Waals surface area contributed by atoms with Gasteiger partial charge in [0.05, 0.1) is 37.1 Å². The zero-order chi connectivity index (χ0) is 23.4. The largest absolute Gasteiger partial charge is 0.493 e. The summed E-state index contributed by atoms with van der Waals surface area (Å²) < 4.78 is 23.2. The topological polar surface area (TPSA) is 110 Å². The summed E-state index contributed by atoms with van der Waals surface area (Å²) in [6, 6.07) is 14.0. The highest BCUT2D eigenvalue weighted by Crippen LogP contribution is 2.43. The normalized spacial score (nSPS) is 12.1. The number of ketones is 1. The fourth-order valence-electron chi connectivity index (χ4n) is 4.49. The summed E-state index contributed by atoms with van der Waals surface area (Å²) >= 11 is 0. The Morgan fingerprint density at radius 3 is 2.53 bits per heavy atom. The van der Waals surface area contributed by atoms with E-state index in [1.807, 2.05) is 12.1 Å². The first-order valence-corrected chi connectivity index (χ1v) is 10.4. The van der Waals surface area contributed by atoms with E-state index < -0.39 is 0 Å². The van der Waals surface area contributed by atoms with Gasteiger partial charge in [0.15, 0.2) is 23.0 Å². The van der Waals surface area contributed by atoms with E-state index in [1.54, 1.807) is 36.4 Å². The quantitative estimate of drug-likeness (QED) is 0.385. The summed E-state index contributed by atoms with van der Waals surface area (Å²) in [6.45, 7) is -0.0488. The second-order valence-electron chi connectivity index (χ2n) is 7.70. The van der Waals surface area contributed by atoms with Crippen molar-refractivity contribution in [2.75, 3.05) is 14.2 Å². The van der Waals surface area contributed by atoms with Gasteiger partial charge in [-0.1, -0.05) is 29.4 Å². The molecule has 0 unspecified atom stereocenters. The van der Waals surface area contributed by atoms with Gasteiger partial charge in [0.1, 0.15) is 6.54 Å². The Bertz CT molecular complexity index is 1650. The van der Waals surface area contributed by atoms with Crippen LogP contribution in [0.25, 0.3) is 33.6 Å². The van der Waals surface area contributed by atoms with E-state index in [-0.39, 0.29) is 40.7 Å². The molecule has 9 nitrogen and oxygen atoms in total. The molecule has 0 fully saturated rings. The molecule has 0 N–H and O–H groups in total. The van der Waals surface area contributed by atoms with Crippen molar-refractivity contribution in [1.29, 1.82) is 0 Å². The van der Waals surface area contributed by atoms with Crippen LogP contribution in [0.4, 0.5) is 0 Å². The van der Waals surface area contributed by atoms with Crippen LogP contribution in [0.2, 0.25) is 0 Å². The van der Waals surface area contributed by atoms with Crippen molar-refractivity contribution >= 4 is 16.6 Å². The van der Waals surface area contributed by atoms with Crippen molar-refractivity contribution in [3.63, 3.8) is 0 Å². The maximum atomic E-state index is 13.9. The Morgan fingerprint density at radius 1 is 0.971 bits per heavy atom. The van der Waals surface area contributed by atoms with Crippen molar-refractivity contribution in [1.82, 2.24) is 14.7 Å². The van der Waals surface area contributed by atoms with Crippen molar-refractivity contribution in [2.45, 2.75) is 6.54 Å². The number of hydrogen-bond acceptors (Lipinski definition) is 8. The van der Waals surface area contributed by atoms with Gasteiger partial charge >= 0.3 is 0 Å². The fraction of sp³-hybridized carbons (Fsp3) is 0.120. The van der Waals surface area contributed by atoms with Crippen LogP contribution in [0.3, 0.4) is 0 Å². The van der Waals surface area contributed by atoms with Crippen LogP contribution in [-0.2, 0) is 6.54 Å². The highest BCUT2D eigenvalue weighted by Gasteiger charge is 2.34. The van der Waals surface area contributed by atoms with Gasteiger partial charge in [0.25, 0.3) is 5.56 Å². The Labute approximate surface area is 192 Å². The number of nitrogens with zero attached hydrogens (tertiary/aromatic N) is 3. The Morgan fingerprint density at radius 2 is 1.79 bits per heavy atom. The number of methoxy groups -OCH3 is 2. The maximum absolute atomic E-state index is 13.9. The molecular weight excluding hydrogens is 438 g/mol. The van der Waals surface area contributed by atoms with Gasteiger partial charge in [-0.15, -0.1) is 0 Å². The van der Waals surface area contributed by atoms with E-state index in [4.69, 9.17) is 18.4 Å². The summed E-state index contributed by atoms with van der Waals surface area (Å²) in [5.41, 5.74) is 1.74. The average molecular weight is 455 g/mol. The molecule has 0 saturated heterocycles. The zero-order valence-electron chi connectivity index (χ0n) is 18.2. The van der Waals surface area contributed by atoms with E-state index in [0.717, 1.165) is 0 Å². The highest BCUT2D eigenvalue weighted by atomic mass is 16.5. The van der Waals surface area contributed by atoms with Crippen molar-refractivity contribution in [2.24, 2.45) is 0 Å². The summed E-state index contributed by atoms with van der Waals surface area (Å²) in [6.07, 6.45) is 1.51. The summed E-state index contributed by atoms with van der Waals surface area (Å²) in [4.78, 5) is 31.8. The van der Waals surface area contributed by atoms with Crippen LogP contribution in [0, 0.1) is 0 Å². The summed E-state index contributed by atoms with van der Waals surface area (Å²) in [5, 5.41) is 4.69. The van der Waals surface area contributed by atoms with Crippen LogP contribution < -0.4 is 15.0 Å². The molecule has 2 aromatic carbocycles. The number of aromatic nitrogens is 3. The smallest absolute Gasteiger partial charge is 0.263 e. The van der Waals surface area contributed by atoms with Crippen LogP contribution in [0.5, 0.6) is 11.5 Å². The van der Waals surface area contributed by atoms with Crippen LogP contribution >= 0.6 is 0 Å². The van der Waals surface area contributed by atoms with Gasteiger partial charge < -0.3 is 18.4 Å². The minimum Gasteiger partial charge on any atom is -0.493 e. The third-order valence-electron chi connectivity index (χ3n) is 5.94. The highest BCUT2D eigenvalue weighted by molar-refractivity contribution is 6.27. The Hall–Kier alpha value is -4.66. The van der Waals surface area contributed by atoms with Crippen LogP contribution in [0.1, 0.15) is 21.8 Å². The first kappa shape index (κ1) is 20.0. The molecule has 0 aliphatic heterocycles. The summed E-state index contributed by atoms with van der Waals surface area (Å²) in [7, 11) is 2.95. The number of pyridine rings is 1. The number of furan rings is 1. The van der Waals surface area contributed by atoms with Gasteiger partial charge in [0, 0.05) is 16.5 Å². The molecule has 0 amide bonds. The molecule has 0 saturated carbocycles. The average Bonchev–Trinajstić information content (AvgIpc) is 3.61. The number of carbonyl (C=O) groups excluding carboxylic acids is 1. The van der Waals surface area contributed by atoms with Gasteiger partial charge in [0.2, 0.25) is 11.7 Å². The minimum atomic E-state index is -0.369. The Balaban J connectivity index is 1.65. The van der Waals surface area contributed by atoms with E-state index in [0.29, 0.717) is 39.3 Å². The molecule has 3 heterocycles. The molecule has 0 radical (unpaired) electrons. The number of hydrogen-bond donors (Lipinski definition) is 0. The van der Waals surface area contributed by atoms with Crippen LogP contribution in [-0.4, -0.2) is 34.7 Å². The standard InChI is InChI=1S/C25H17N3O6/c1-31-16-10-9-15-19-21(13-6-3-4-7-14(13)22(19)29)28(25(30)20(15)23(16)32-2)12-18-26-24(27-34-18)17-8-5-11-33-17/h3-11H,12H2,1-2H3. The third kappa shape index (κ3) is 2.73. The van der Waals surface area contributed by atoms with Gasteiger partial charge in [-0.05, 0) is 24.3 Å². The van der Waals surface area contributed by atoms with E-state index in [1.165, 1.54) is 25.0 Å². The second-order valence-corrected chi connectivity index (χ2v) is 7.70. The molecule has 168 valence electrons. The second kappa shape index (κ2) is 7.45. The molecule has 0 atom stereocenters. The third-order valence-corrected chi connectivity index (χ3v) is 5.94. The molecule has 1 aliphatic rings. The van der Waals surface area contributed by atoms with Gasteiger partial charge in [-0.25, -0.2) is 0 Å². The van der Waals surface area contributed by atoms with E-state index in [2.05, 4.69) is 10.1 Å². The molecule has 0 spiro atoms. The van der Waals surface area contributed by atoms with E-state index >= 15 is 0 Å². The minimum absolute atomic E-state index is 0.0488. The summed E-state index contributed by atoms with van der Waals surface area (Å²) in [5.74, 6) is 1.37. The Kier molecular flexibility index (Phi) is 4.38. The molecule has 9 heteroatoms. The number of rotatable bonds is 5. The SMILES string of the molecule is COc1ccc2c3c(n(Cc4nc(-c5ccco5)no4)c(=O)c2c1OC)-c1ccccc1C3=O. The van der Waals surface area contributed by atoms with Crippen molar-refractivity contribution < 1.29 is 23.2 Å². The lowest BCUT2D eigenvalue weighted by Gasteiger charge is -2.16. The first-order chi connectivity index (χ1) is 16.6. The molecule has 34 heavy (non-hydrogen) atoms. The molecule has 1 aliphatic carbocycles. The van der Waals surface area contributed by atoms with Gasteiger partial charge in [-0.3, -0.25) is 14.2 Å². The number of ether oxygens (including phenoxy) is 2. The fourth-order valence-corrected chi connectivity index (χ4v) is 4.49. The van der Waals surface area contributed by atoms with Gasteiger partial charge in [-0.2, -0.15) is 4.98 Å². The first-order valence-electron chi connectivity index (χ1n) is 10.4. The number of carbonyl (C=O) groups is 1. The molecular formula is C25H17N3O6. The number of benzene rings is 2. The van der Waals surface area contributed by atoms with Crippen LogP contribution in [0.15, 0.2) is 68.5 Å². The lowest BCUT2D eigenvalue weighted by atomic mass is 10.0. The molecule has 3 aromatic heterocycles. The predicted octanol–water partition coefficient (Wildman–Crippen LogP) is 3.92. The van der Waals surface area contributed by atoms with Crippen molar-refractivity contribution in [3.05, 3.63) is 82.2 Å². The van der Waals surface area contributed by atoms with Crippen molar-refractivity contribution in [3.8, 4) is 34.3 Å². The zero-order valence-corrected chi connectivity index (χ0v) is 18.2.